The quantitative estimate of drug-likeness (QED) is 0.783. The van der Waals surface area contributed by atoms with Gasteiger partial charge in [-0.25, -0.2) is 0 Å². The maximum absolute atomic E-state index is 11.0. The van der Waals surface area contributed by atoms with E-state index in [1.807, 2.05) is 25.1 Å². The van der Waals surface area contributed by atoms with E-state index in [0.29, 0.717) is 30.9 Å². The molecule has 1 N–H and O–H groups in total. The summed E-state index contributed by atoms with van der Waals surface area (Å²) in [6.07, 6.45) is 1.43. The van der Waals surface area contributed by atoms with Crippen molar-refractivity contribution in [3.8, 4) is 11.5 Å². The minimum Gasteiger partial charge on any atom is -0.493 e. The smallest absolute Gasteiger partial charge is 0.306 e. The highest BCUT2D eigenvalue weighted by atomic mass is 16.5. The maximum Gasteiger partial charge on any atom is 0.306 e. The first kappa shape index (κ1) is 17.3. The highest BCUT2D eigenvalue weighted by molar-refractivity contribution is 5.70. The summed E-state index contributed by atoms with van der Waals surface area (Å²) in [4.78, 5) is 13.3. The molecule has 0 saturated carbocycles. The van der Waals surface area contributed by atoms with Gasteiger partial charge in [-0.1, -0.05) is 12.6 Å². The minimum absolute atomic E-state index is 0.196. The molecule has 1 aliphatic rings. The van der Waals surface area contributed by atoms with Gasteiger partial charge in [-0.15, -0.1) is 0 Å². The molecular formula is C18H25NO4. The highest BCUT2D eigenvalue weighted by Gasteiger charge is 2.24. The van der Waals surface area contributed by atoms with Gasteiger partial charge in [0.15, 0.2) is 11.5 Å². The third kappa shape index (κ3) is 4.99. The number of rotatable bonds is 7. The van der Waals surface area contributed by atoms with Crippen molar-refractivity contribution in [1.82, 2.24) is 4.90 Å². The van der Waals surface area contributed by atoms with Crippen molar-refractivity contribution >= 4 is 5.97 Å². The molecule has 1 aromatic rings. The first-order chi connectivity index (χ1) is 11.0. The zero-order valence-electron chi connectivity index (χ0n) is 13.9. The summed E-state index contributed by atoms with van der Waals surface area (Å²) in [5.41, 5.74) is 2.09. The predicted molar refractivity (Wildman–Crippen MR) is 88.9 cm³/mol. The summed E-state index contributed by atoms with van der Waals surface area (Å²) in [5, 5.41) is 9.05. The molecule has 126 valence electrons. The number of likely N-dealkylation sites (tertiary alicyclic amines) is 1. The average molecular weight is 319 g/mol. The number of carboxylic acid groups (broad SMARTS) is 1. The molecule has 0 amide bonds. The van der Waals surface area contributed by atoms with E-state index in [1.54, 1.807) is 7.11 Å². The summed E-state index contributed by atoms with van der Waals surface area (Å²) >= 11 is 0. The number of piperidine rings is 1. The molecular weight excluding hydrogens is 294 g/mol. The average Bonchev–Trinajstić information content (AvgIpc) is 2.53. The van der Waals surface area contributed by atoms with Gasteiger partial charge in [0.05, 0.1) is 13.0 Å². The zero-order chi connectivity index (χ0) is 16.8. The molecule has 0 aromatic heterocycles. The standard InChI is InChI=1S/C18H25NO4/c1-13(2)12-23-16-5-4-14(10-17(16)22-3)11-19-8-6-15(7-9-19)18(20)21/h4-5,10,15H,1,6-9,11-12H2,2-3H3,(H,20,21). The fraction of sp³-hybridized carbons (Fsp3) is 0.500. The summed E-state index contributed by atoms with van der Waals surface area (Å²) in [6, 6.07) is 5.93. The van der Waals surface area contributed by atoms with Crippen LogP contribution in [0, 0.1) is 5.92 Å². The predicted octanol–water partition coefficient (Wildman–Crippen LogP) is 2.95. The lowest BCUT2D eigenvalue weighted by molar-refractivity contribution is -0.143. The van der Waals surface area contributed by atoms with Crippen molar-refractivity contribution in [2.45, 2.75) is 26.3 Å². The van der Waals surface area contributed by atoms with E-state index in [-0.39, 0.29) is 5.92 Å². The van der Waals surface area contributed by atoms with Crippen LogP contribution in [-0.2, 0) is 11.3 Å². The normalized spacial score (nSPS) is 16.1. The topological polar surface area (TPSA) is 59.0 Å². The van der Waals surface area contributed by atoms with Gasteiger partial charge in [-0.2, -0.15) is 0 Å². The number of hydrogen-bond acceptors (Lipinski definition) is 4. The summed E-state index contributed by atoms with van der Waals surface area (Å²) < 4.78 is 11.1. The van der Waals surface area contributed by atoms with Gasteiger partial charge in [0.25, 0.3) is 0 Å². The first-order valence-corrected chi connectivity index (χ1v) is 7.89. The number of carboxylic acids is 1. The Morgan fingerprint density at radius 1 is 1.35 bits per heavy atom. The van der Waals surface area contributed by atoms with Gasteiger partial charge >= 0.3 is 5.97 Å². The molecule has 1 fully saturated rings. The summed E-state index contributed by atoms with van der Waals surface area (Å²) in [5.74, 6) is 0.553. The van der Waals surface area contributed by atoms with Crippen molar-refractivity contribution in [3.05, 3.63) is 35.9 Å². The van der Waals surface area contributed by atoms with E-state index in [2.05, 4.69) is 11.5 Å². The lowest BCUT2D eigenvalue weighted by atomic mass is 9.97. The van der Waals surface area contributed by atoms with Crippen LogP contribution < -0.4 is 9.47 Å². The number of carbonyl (C=O) groups is 1. The Morgan fingerprint density at radius 3 is 2.61 bits per heavy atom. The molecule has 0 unspecified atom stereocenters. The molecule has 0 bridgehead atoms. The Morgan fingerprint density at radius 2 is 2.04 bits per heavy atom. The summed E-state index contributed by atoms with van der Waals surface area (Å²) in [6.45, 7) is 8.63. The number of benzene rings is 1. The number of hydrogen-bond donors (Lipinski definition) is 1. The Labute approximate surface area is 137 Å². The first-order valence-electron chi connectivity index (χ1n) is 7.89. The van der Waals surface area contributed by atoms with Crippen molar-refractivity contribution in [1.29, 1.82) is 0 Å². The molecule has 2 rings (SSSR count). The van der Waals surface area contributed by atoms with Gasteiger partial charge < -0.3 is 14.6 Å². The number of methoxy groups -OCH3 is 1. The molecule has 1 aromatic carbocycles. The van der Waals surface area contributed by atoms with Gasteiger partial charge in [-0.05, 0) is 56.1 Å². The van der Waals surface area contributed by atoms with Crippen molar-refractivity contribution in [2.75, 3.05) is 26.8 Å². The molecule has 5 heteroatoms. The Balaban J connectivity index is 1.96. The number of aliphatic carboxylic acids is 1. The van der Waals surface area contributed by atoms with Gasteiger partial charge in [0, 0.05) is 6.54 Å². The second kappa shape index (κ2) is 8.02. The fourth-order valence-corrected chi connectivity index (χ4v) is 2.73. The van der Waals surface area contributed by atoms with E-state index >= 15 is 0 Å². The molecule has 0 atom stereocenters. The molecule has 23 heavy (non-hydrogen) atoms. The fourth-order valence-electron chi connectivity index (χ4n) is 2.73. The number of ether oxygens (including phenoxy) is 2. The van der Waals surface area contributed by atoms with Gasteiger partial charge in [-0.3, -0.25) is 9.69 Å². The second-order valence-corrected chi connectivity index (χ2v) is 6.12. The van der Waals surface area contributed by atoms with Crippen molar-refractivity contribution in [3.63, 3.8) is 0 Å². The molecule has 1 saturated heterocycles. The molecule has 0 spiro atoms. The van der Waals surface area contributed by atoms with Crippen LogP contribution in [0.3, 0.4) is 0 Å². The maximum atomic E-state index is 11.0. The van der Waals surface area contributed by atoms with E-state index in [0.717, 1.165) is 30.8 Å². The van der Waals surface area contributed by atoms with Crippen LogP contribution in [0.4, 0.5) is 0 Å². The van der Waals surface area contributed by atoms with Crippen LogP contribution in [0.2, 0.25) is 0 Å². The van der Waals surface area contributed by atoms with Crippen LogP contribution in [0.25, 0.3) is 0 Å². The van der Waals surface area contributed by atoms with Crippen molar-refractivity contribution < 1.29 is 19.4 Å². The summed E-state index contributed by atoms with van der Waals surface area (Å²) in [7, 11) is 1.63. The van der Waals surface area contributed by atoms with E-state index in [4.69, 9.17) is 14.6 Å². The van der Waals surface area contributed by atoms with Crippen molar-refractivity contribution in [2.24, 2.45) is 5.92 Å². The third-order valence-corrected chi connectivity index (χ3v) is 4.05. The lowest BCUT2D eigenvalue weighted by Crippen LogP contribution is -2.35. The number of nitrogens with zero attached hydrogens (tertiary/aromatic N) is 1. The molecule has 0 aliphatic carbocycles. The van der Waals surface area contributed by atoms with Crippen LogP contribution in [0.5, 0.6) is 11.5 Å². The molecule has 1 aliphatic heterocycles. The Kier molecular flexibility index (Phi) is 6.04. The van der Waals surface area contributed by atoms with Gasteiger partial charge in [0.2, 0.25) is 0 Å². The van der Waals surface area contributed by atoms with Gasteiger partial charge in [0.1, 0.15) is 6.61 Å². The van der Waals surface area contributed by atoms with E-state index < -0.39 is 5.97 Å². The zero-order valence-corrected chi connectivity index (χ0v) is 13.9. The molecule has 5 nitrogen and oxygen atoms in total. The monoisotopic (exact) mass is 319 g/mol. The second-order valence-electron chi connectivity index (χ2n) is 6.12. The van der Waals surface area contributed by atoms with Crippen LogP contribution >= 0.6 is 0 Å². The van der Waals surface area contributed by atoms with Crippen LogP contribution in [-0.4, -0.2) is 42.8 Å². The lowest BCUT2D eigenvalue weighted by Gasteiger charge is -2.30. The highest BCUT2D eigenvalue weighted by Crippen LogP contribution is 2.29. The van der Waals surface area contributed by atoms with Crippen LogP contribution in [0.15, 0.2) is 30.4 Å². The molecule has 1 heterocycles. The molecule has 0 radical (unpaired) electrons. The third-order valence-electron chi connectivity index (χ3n) is 4.05. The minimum atomic E-state index is -0.676. The Hall–Kier alpha value is -2.01. The SMILES string of the molecule is C=C(C)COc1ccc(CN2CCC(C(=O)O)CC2)cc1OC. The Bertz CT molecular complexity index is 562. The van der Waals surface area contributed by atoms with Crippen LogP contribution in [0.1, 0.15) is 25.3 Å². The van der Waals surface area contributed by atoms with E-state index in [1.165, 1.54) is 0 Å². The van der Waals surface area contributed by atoms with E-state index in [9.17, 15) is 4.79 Å². The largest absolute Gasteiger partial charge is 0.493 e.